The first-order chi connectivity index (χ1) is 18.1. The van der Waals surface area contributed by atoms with E-state index in [1.165, 1.54) is 12.1 Å². The number of hydrogen-bond donors (Lipinski definition) is 1. The van der Waals surface area contributed by atoms with Crippen molar-refractivity contribution in [1.82, 2.24) is 10.4 Å². The number of hydrogen-bond acceptors (Lipinski definition) is 7. The number of ether oxygens (including phenoxy) is 2. The number of hydroxylamine groups is 2. The number of nitrogens with zero attached hydrogens (tertiary/aromatic N) is 1. The highest BCUT2D eigenvalue weighted by molar-refractivity contribution is 6.20. The van der Waals surface area contributed by atoms with Crippen LogP contribution in [-0.4, -0.2) is 40.6 Å². The molecule has 0 saturated heterocycles. The quantitative estimate of drug-likeness (QED) is 0.440. The van der Waals surface area contributed by atoms with Gasteiger partial charge in [-0.3, -0.25) is 9.59 Å². The predicted octanol–water partition coefficient (Wildman–Crippen LogP) is 4.46. The summed E-state index contributed by atoms with van der Waals surface area (Å²) in [5.74, 6) is -1.87. The largest absolute Gasteiger partial charge is 0.489 e. The van der Waals surface area contributed by atoms with Gasteiger partial charge in [0.25, 0.3) is 11.8 Å². The number of benzene rings is 3. The van der Waals surface area contributed by atoms with Crippen LogP contribution in [0.1, 0.15) is 52.6 Å². The Morgan fingerprint density at radius 3 is 1.97 bits per heavy atom. The third kappa shape index (κ3) is 6.56. The molecule has 0 unspecified atom stereocenters. The number of carbonyl (C=O) groups excluding carboxylic acids is 4. The molecule has 3 aromatic carbocycles. The van der Waals surface area contributed by atoms with Crippen molar-refractivity contribution in [2.75, 3.05) is 0 Å². The Kier molecular flexibility index (Phi) is 7.76. The van der Waals surface area contributed by atoms with E-state index < -0.39 is 35.5 Å². The number of carbonyl (C=O) groups is 4. The van der Waals surface area contributed by atoms with Crippen molar-refractivity contribution >= 4 is 23.9 Å². The molecule has 0 radical (unpaired) electrons. The molecule has 9 heteroatoms. The lowest BCUT2D eigenvalue weighted by Crippen LogP contribution is -2.48. The molecule has 3 amide bonds. The molecule has 0 spiro atoms. The third-order valence-electron chi connectivity index (χ3n) is 5.53. The summed E-state index contributed by atoms with van der Waals surface area (Å²) < 4.78 is 11.1. The van der Waals surface area contributed by atoms with Gasteiger partial charge in [-0.1, -0.05) is 59.7 Å². The maximum atomic E-state index is 13.1. The van der Waals surface area contributed by atoms with Crippen LogP contribution in [0.5, 0.6) is 5.75 Å². The Morgan fingerprint density at radius 2 is 1.39 bits per heavy atom. The smallest absolute Gasteiger partial charge is 0.408 e. The highest BCUT2D eigenvalue weighted by Gasteiger charge is 2.40. The van der Waals surface area contributed by atoms with E-state index in [1.807, 2.05) is 30.3 Å². The zero-order chi connectivity index (χ0) is 27.3. The molecular formula is C29H28N2O7. The first-order valence-electron chi connectivity index (χ1n) is 12.1. The average molecular weight is 517 g/mol. The molecule has 196 valence electrons. The van der Waals surface area contributed by atoms with Gasteiger partial charge in [-0.2, -0.15) is 0 Å². The molecule has 0 aliphatic carbocycles. The van der Waals surface area contributed by atoms with Crippen LogP contribution in [-0.2, 0) is 27.4 Å². The van der Waals surface area contributed by atoms with Gasteiger partial charge in [-0.15, -0.1) is 0 Å². The first kappa shape index (κ1) is 26.4. The van der Waals surface area contributed by atoms with Gasteiger partial charge in [0, 0.05) is 6.42 Å². The Labute approximate surface area is 220 Å². The average Bonchev–Trinajstić information content (AvgIpc) is 3.12. The number of nitrogens with one attached hydrogen (secondary N) is 1. The molecule has 0 aromatic heterocycles. The van der Waals surface area contributed by atoms with Gasteiger partial charge < -0.3 is 19.6 Å². The van der Waals surface area contributed by atoms with E-state index in [4.69, 9.17) is 14.3 Å². The van der Waals surface area contributed by atoms with Gasteiger partial charge in [0.15, 0.2) is 0 Å². The van der Waals surface area contributed by atoms with Crippen molar-refractivity contribution in [3.8, 4) is 5.75 Å². The fraction of sp³-hybridized carbons (Fsp3) is 0.241. The molecule has 0 bridgehead atoms. The Hall–Kier alpha value is -4.66. The maximum absolute atomic E-state index is 13.1. The zero-order valence-corrected chi connectivity index (χ0v) is 21.3. The minimum absolute atomic E-state index is 0.0141. The Morgan fingerprint density at radius 1 is 0.816 bits per heavy atom. The third-order valence-corrected chi connectivity index (χ3v) is 5.53. The van der Waals surface area contributed by atoms with E-state index in [0.717, 1.165) is 5.56 Å². The normalized spacial score (nSPS) is 13.5. The van der Waals surface area contributed by atoms with Crippen LogP contribution in [0.25, 0.3) is 0 Å². The lowest BCUT2D eigenvalue weighted by molar-refractivity contribution is -0.171. The summed E-state index contributed by atoms with van der Waals surface area (Å²) in [6, 6.07) is 21.6. The van der Waals surface area contributed by atoms with E-state index in [-0.39, 0.29) is 17.5 Å². The summed E-state index contributed by atoms with van der Waals surface area (Å²) in [5, 5.41) is 2.91. The van der Waals surface area contributed by atoms with Crippen LogP contribution < -0.4 is 10.1 Å². The van der Waals surface area contributed by atoms with Crippen molar-refractivity contribution in [3.05, 3.63) is 101 Å². The van der Waals surface area contributed by atoms with E-state index in [1.54, 1.807) is 57.2 Å². The molecular weight excluding hydrogens is 488 g/mol. The molecule has 38 heavy (non-hydrogen) atoms. The molecule has 1 heterocycles. The molecule has 3 aromatic rings. The van der Waals surface area contributed by atoms with Crippen molar-refractivity contribution in [2.24, 2.45) is 0 Å². The maximum Gasteiger partial charge on any atom is 0.408 e. The predicted molar refractivity (Wildman–Crippen MR) is 137 cm³/mol. The highest BCUT2D eigenvalue weighted by atomic mass is 16.7. The topological polar surface area (TPSA) is 111 Å². The summed E-state index contributed by atoms with van der Waals surface area (Å²) in [7, 11) is 0. The highest BCUT2D eigenvalue weighted by Crippen LogP contribution is 2.23. The molecule has 1 atom stereocenters. The van der Waals surface area contributed by atoms with E-state index in [0.29, 0.717) is 23.0 Å². The monoisotopic (exact) mass is 516 g/mol. The molecule has 0 saturated carbocycles. The first-order valence-corrected chi connectivity index (χ1v) is 12.1. The summed E-state index contributed by atoms with van der Waals surface area (Å²) in [6.45, 7) is 5.46. The Bertz CT molecular complexity index is 1300. The summed E-state index contributed by atoms with van der Waals surface area (Å²) in [6.07, 6.45) is -0.829. The molecule has 1 N–H and O–H groups in total. The SMILES string of the molecule is CC(C)(C)OC(=O)N[C@@H](Cc1ccc(OCc2ccccc2)cc1)C(=O)ON1C(=O)c2ccccc2C1=O. The number of imide groups is 1. The van der Waals surface area contributed by atoms with Gasteiger partial charge in [0.2, 0.25) is 0 Å². The van der Waals surface area contributed by atoms with Crippen LogP contribution >= 0.6 is 0 Å². The second-order valence-corrected chi connectivity index (χ2v) is 9.68. The van der Waals surface area contributed by atoms with Crippen molar-refractivity contribution in [1.29, 1.82) is 0 Å². The van der Waals surface area contributed by atoms with Gasteiger partial charge >= 0.3 is 12.1 Å². The molecule has 4 rings (SSSR count). The van der Waals surface area contributed by atoms with Crippen molar-refractivity contribution in [3.63, 3.8) is 0 Å². The lowest BCUT2D eigenvalue weighted by Gasteiger charge is -2.24. The van der Waals surface area contributed by atoms with Gasteiger partial charge in [0.1, 0.15) is 24.0 Å². The van der Waals surface area contributed by atoms with Crippen LogP contribution in [0, 0.1) is 0 Å². The van der Waals surface area contributed by atoms with E-state index in [2.05, 4.69) is 5.32 Å². The van der Waals surface area contributed by atoms with Crippen LogP contribution in [0.2, 0.25) is 0 Å². The fourth-order valence-electron chi connectivity index (χ4n) is 3.75. The van der Waals surface area contributed by atoms with Gasteiger partial charge in [-0.05, 0) is 56.2 Å². The zero-order valence-electron chi connectivity index (χ0n) is 21.3. The number of alkyl carbamates (subject to hydrolysis) is 1. The summed E-state index contributed by atoms with van der Waals surface area (Å²) in [4.78, 5) is 56.1. The molecule has 1 aliphatic heterocycles. The standard InChI is InChI=1S/C29H28N2O7/c1-29(2,3)37-28(35)30-24(27(34)38-31-25(32)22-11-7-8-12-23(22)26(31)33)17-19-13-15-21(16-14-19)36-18-20-9-5-4-6-10-20/h4-16,24H,17-18H2,1-3H3,(H,30,35)/t24-/m0/s1. The van der Waals surface area contributed by atoms with Gasteiger partial charge in [0.05, 0.1) is 11.1 Å². The van der Waals surface area contributed by atoms with Crippen molar-refractivity contribution in [2.45, 2.75) is 45.4 Å². The second-order valence-electron chi connectivity index (χ2n) is 9.68. The minimum atomic E-state index is -1.25. The second kappa shape index (κ2) is 11.2. The molecule has 1 aliphatic rings. The summed E-state index contributed by atoms with van der Waals surface area (Å²) in [5.41, 5.74) is 1.16. The number of amides is 3. The lowest BCUT2D eigenvalue weighted by atomic mass is 10.1. The van der Waals surface area contributed by atoms with Crippen LogP contribution in [0.15, 0.2) is 78.9 Å². The van der Waals surface area contributed by atoms with E-state index >= 15 is 0 Å². The molecule has 9 nitrogen and oxygen atoms in total. The van der Waals surface area contributed by atoms with Crippen LogP contribution in [0.3, 0.4) is 0 Å². The van der Waals surface area contributed by atoms with E-state index in [9.17, 15) is 19.2 Å². The van der Waals surface area contributed by atoms with Crippen LogP contribution in [0.4, 0.5) is 4.79 Å². The summed E-state index contributed by atoms with van der Waals surface area (Å²) >= 11 is 0. The number of rotatable bonds is 8. The minimum Gasteiger partial charge on any atom is -0.489 e. The number of fused-ring (bicyclic) bond motifs is 1. The molecule has 0 fully saturated rings. The fourth-order valence-corrected chi connectivity index (χ4v) is 3.75. The van der Waals surface area contributed by atoms with Gasteiger partial charge in [-0.25, -0.2) is 9.59 Å². The van der Waals surface area contributed by atoms with Crippen molar-refractivity contribution < 1.29 is 33.5 Å². The Balaban J connectivity index is 1.46.